The van der Waals surface area contributed by atoms with E-state index in [0.29, 0.717) is 17.5 Å². The zero-order chi connectivity index (χ0) is 36.0. The van der Waals surface area contributed by atoms with E-state index in [4.69, 9.17) is 23.8 Å². The average Bonchev–Trinajstić information content (AvgIpc) is 3.91. The summed E-state index contributed by atoms with van der Waals surface area (Å²) in [5.74, 6) is 1.75. The molecule has 12 aromatic rings. The van der Waals surface area contributed by atoms with Gasteiger partial charge in [0.05, 0.1) is 11.0 Å². The van der Waals surface area contributed by atoms with Gasteiger partial charge in [-0.1, -0.05) is 103 Å². The van der Waals surface area contributed by atoms with Crippen LogP contribution < -0.4 is 0 Å². The summed E-state index contributed by atoms with van der Waals surface area (Å²) in [5.41, 5.74) is 9.26. The summed E-state index contributed by atoms with van der Waals surface area (Å²) in [4.78, 5) is 15.4. The Kier molecular flexibility index (Phi) is 6.24. The van der Waals surface area contributed by atoms with Crippen molar-refractivity contribution >= 4 is 76.5 Å². The molecule has 4 heterocycles. The van der Waals surface area contributed by atoms with Gasteiger partial charge in [0, 0.05) is 54.7 Å². The minimum absolute atomic E-state index is 0.572. The second-order valence-corrected chi connectivity index (χ2v) is 14.0. The lowest BCUT2D eigenvalue weighted by Gasteiger charge is -2.10. The number of para-hydroxylation sites is 2. The predicted molar refractivity (Wildman–Crippen MR) is 223 cm³/mol. The molecule has 0 fully saturated rings. The number of aromatic nitrogens is 4. The number of nitrogens with zero attached hydrogens (tertiary/aromatic N) is 4. The Labute approximate surface area is 313 Å². The minimum Gasteiger partial charge on any atom is -0.456 e. The monoisotopic (exact) mass is 704 g/mol. The lowest BCUT2D eigenvalue weighted by atomic mass is 10.0. The highest BCUT2D eigenvalue weighted by atomic mass is 16.3. The first-order valence-electron chi connectivity index (χ1n) is 18.3. The number of fused-ring (bicyclic) bond motifs is 10. The van der Waals surface area contributed by atoms with Crippen molar-refractivity contribution in [2.24, 2.45) is 0 Å². The van der Waals surface area contributed by atoms with Crippen molar-refractivity contribution in [2.45, 2.75) is 0 Å². The van der Waals surface area contributed by atoms with Crippen LogP contribution in [0.4, 0.5) is 0 Å². The lowest BCUT2D eigenvalue weighted by molar-refractivity contribution is 0.668. The minimum atomic E-state index is 0.572. The number of furan rings is 2. The zero-order valence-electron chi connectivity index (χ0n) is 29.3. The van der Waals surface area contributed by atoms with Gasteiger partial charge in [0.1, 0.15) is 22.3 Å². The Balaban J connectivity index is 1.09. The Morgan fingerprint density at radius 1 is 0.364 bits per heavy atom. The Bertz CT molecular complexity index is 3500. The predicted octanol–water partition coefficient (Wildman–Crippen LogP) is 12.9. The molecule has 12 rings (SSSR count). The number of hydrogen-bond acceptors (Lipinski definition) is 5. The maximum absolute atomic E-state index is 6.54. The molecule has 0 saturated carbocycles. The summed E-state index contributed by atoms with van der Waals surface area (Å²) in [7, 11) is 0. The van der Waals surface area contributed by atoms with E-state index in [2.05, 4.69) is 102 Å². The van der Waals surface area contributed by atoms with E-state index in [0.717, 1.165) is 77.3 Å². The largest absolute Gasteiger partial charge is 0.456 e. The molecule has 0 aliphatic carbocycles. The van der Waals surface area contributed by atoms with Crippen LogP contribution >= 0.6 is 0 Å². The molecule has 55 heavy (non-hydrogen) atoms. The summed E-state index contributed by atoms with van der Waals surface area (Å²) in [5, 5.41) is 8.89. The van der Waals surface area contributed by atoms with Gasteiger partial charge in [-0.25, -0.2) is 15.0 Å². The molecule has 0 radical (unpaired) electrons. The molecule has 0 aliphatic rings. The fourth-order valence-corrected chi connectivity index (χ4v) is 8.28. The molecule has 0 N–H and O–H groups in total. The van der Waals surface area contributed by atoms with Crippen LogP contribution in [0.15, 0.2) is 179 Å². The number of benzene rings is 8. The van der Waals surface area contributed by atoms with Crippen molar-refractivity contribution in [1.29, 1.82) is 0 Å². The van der Waals surface area contributed by atoms with Crippen LogP contribution in [0.25, 0.3) is 116 Å². The second-order valence-electron chi connectivity index (χ2n) is 14.0. The fraction of sp³-hybridized carbons (Fsp3) is 0. The summed E-state index contributed by atoms with van der Waals surface area (Å²) in [6, 6.07) is 58.7. The Hall–Kier alpha value is -7.57. The lowest BCUT2D eigenvalue weighted by Crippen LogP contribution is -2.00. The van der Waals surface area contributed by atoms with Crippen LogP contribution in [0.2, 0.25) is 0 Å². The van der Waals surface area contributed by atoms with Crippen molar-refractivity contribution < 1.29 is 8.83 Å². The summed E-state index contributed by atoms with van der Waals surface area (Å²) in [6.45, 7) is 0. The molecule has 0 unspecified atom stereocenters. The van der Waals surface area contributed by atoms with Gasteiger partial charge in [-0.3, -0.25) is 0 Å². The van der Waals surface area contributed by atoms with Crippen molar-refractivity contribution in [1.82, 2.24) is 19.5 Å². The maximum Gasteiger partial charge on any atom is 0.164 e. The summed E-state index contributed by atoms with van der Waals surface area (Å²) in [6.07, 6.45) is 0. The smallest absolute Gasteiger partial charge is 0.164 e. The van der Waals surface area contributed by atoms with Crippen molar-refractivity contribution in [3.05, 3.63) is 170 Å². The Morgan fingerprint density at radius 3 is 1.91 bits per heavy atom. The molecule has 0 bridgehead atoms. The van der Waals surface area contributed by atoms with Gasteiger partial charge in [-0.05, 0) is 77.5 Å². The van der Waals surface area contributed by atoms with E-state index in [1.165, 1.54) is 21.5 Å². The first-order chi connectivity index (χ1) is 27.2. The molecule has 6 nitrogen and oxygen atoms in total. The SMILES string of the molecule is c1ccc(-c2nc(-c3ccc4oc5ccccc5c4c3)nc(-c3cccc4oc5ccc(-n6c7ccccc7c7cc8ccccc8cc76)cc5c34)n2)cc1. The molecule has 0 saturated heterocycles. The van der Waals surface area contributed by atoms with E-state index < -0.39 is 0 Å². The molecule has 6 heteroatoms. The normalized spacial score (nSPS) is 12.0. The van der Waals surface area contributed by atoms with Gasteiger partial charge >= 0.3 is 0 Å². The molecule has 0 aliphatic heterocycles. The van der Waals surface area contributed by atoms with Gasteiger partial charge in [0.15, 0.2) is 17.5 Å². The van der Waals surface area contributed by atoms with Crippen LogP contribution in [-0.4, -0.2) is 19.5 Å². The molecular formula is C49H28N4O2. The molecule has 4 aromatic heterocycles. The molecule has 0 amide bonds. The topological polar surface area (TPSA) is 69.9 Å². The highest BCUT2D eigenvalue weighted by molar-refractivity contribution is 6.15. The van der Waals surface area contributed by atoms with E-state index in [9.17, 15) is 0 Å². The van der Waals surface area contributed by atoms with Crippen LogP contribution in [0, 0.1) is 0 Å². The van der Waals surface area contributed by atoms with Gasteiger partial charge < -0.3 is 13.4 Å². The van der Waals surface area contributed by atoms with Gasteiger partial charge in [0.25, 0.3) is 0 Å². The molecule has 0 spiro atoms. The van der Waals surface area contributed by atoms with Crippen LogP contribution in [0.3, 0.4) is 0 Å². The van der Waals surface area contributed by atoms with Crippen molar-refractivity contribution in [3.8, 4) is 39.9 Å². The Morgan fingerprint density at radius 2 is 1.02 bits per heavy atom. The third-order valence-corrected chi connectivity index (χ3v) is 10.8. The summed E-state index contributed by atoms with van der Waals surface area (Å²) >= 11 is 0. The van der Waals surface area contributed by atoms with Crippen LogP contribution in [0.5, 0.6) is 0 Å². The van der Waals surface area contributed by atoms with E-state index in [-0.39, 0.29) is 0 Å². The third-order valence-electron chi connectivity index (χ3n) is 10.8. The number of rotatable bonds is 4. The van der Waals surface area contributed by atoms with Crippen LogP contribution in [0.1, 0.15) is 0 Å². The van der Waals surface area contributed by atoms with E-state index in [1.54, 1.807) is 0 Å². The van der Waals surface area contributed by atoms with Gasteiger partial charge in [-0.2, -0.15) is 0 Å². The van der Waals surface area contributed by atoms with Crippen molar-refractivity contribution in [3.63, 3.8) is 0 Å². The molecule has 8 aromatic carbocycles. The third kappa shape index (κ3) is 4.58. The molecule has 256 valence electrons. The molecule has 0 atom stereocenters. The highest BCUT2D eigenvalue weighted by Crippen LogP contribution is 2.40. The van der Waals surface area contributed by atoms with Gasteiger partial charge in [0.2, 0.25) is 0 Å². The van der Waals surface area contributed by atoms with Crippen molar-refractivity contribution in [2.75, 3.05) is 0 Å². The maximum atomic E-state index is 6.54. The summed E-state index contributed by atoms with van der Waals surface area (Å²) < 4.78 is 15.0. The molecular weight excluding hydrogens is 677 g/mol. The average molecular weight is 705 g/mol. The quantitative estimate of drug-likeness (QED) is 0.182. The standard InChI is InChI=1S/C49H28N4O2/c1-2-11-29(12-3-1)47-50-48(32-21-23-43-38(26-32)35-16-7-9-19-42(35)54-43)52-49(51-47)36-17-10-20-45-46(36)39-28-33(22-24-44(39)55-45)53-40-18-8-6-15-34(40)37-25-30-13-4-5-14-31(30)27-41(37)53/h1-28H. The zero-order valence-corrected chi connectivity index (χ0v) is 29.3. The van der Waals surface area contributed by atoms with Crippen LogP contribution in [-0.2, 0) is 0 Å². The van der Waals surface area contributed by atoms with Gasteiger partial charge in [-0.15, -0.1) is 0 Å². The van der Waals surface area contributed by atoms with E-state index in [1.807, 2.05) is 72.8 Å². The number of hydrogen-bond donors (Lipinski definition) is 0. The fourth-order valence-electron chi connectivity index (χ4n) is 8.28. The van der Waals surface area contributed by atoms with E-state index >= 15 is 0 Å². The first kappa shape index (κ1) is 29.9. The second kappa shape index (κ2) is 11.5. The highest BCUT2D eigenvalue weighted by Gasteiger charge is 2.20. The first-order valence-corrected chi connectivity index (χ1v) is 18.3.